The van der Waals surface area contributed by atoms with E-state index in [0.29, 0.717) is 32.5 Å². The molecule has 0 saturated heterocycles. The summed E-state index contributed by atoms with van der Waals surface area (Å²) >= 11 is 0. The summed E-state index contributed by atoms with van der Waals surface area (Å²) in [4.78, 5) is 28.2. The first kappa shape index (κ1) is 47.9. The van der Waals surface area contributed by atoms with Crippen molar-refractivity contribution in [3.8, 4) is 0 Å². The van der Waals surface area contributed by atoms with E-state index in [1.165, 1.54) is 6.29 Å². The van der Waals surface area contributed by atoms with Crippen LogP contribution in [0.2, 0.25) is 61.9 Å². The third-order valence-corrected chi connectivity index (χ3v) is 24.7. The minimum Gasteiger partial charge on any atom is -0.414 e. The Kier molecular flexibility index (Phi) is 17.7. The van der Waals surface area contributed by atoms with E-state index in [1.807, 2.05) is 13.8 Å². The van der Waals surface area contributed by atoms with Crippen molar-refractivity contribution in [3.63, 3.8) is 0 Å². The van der Waals surface area contributed by atoms with Gasteiger partial charge in [-0.2, -0.15) is 0 Å². The molecule has 2 rings (SSSR count). The number of ether oxygens (including phenoxy) is 4. The van der Waals surface area contributed by atoms with E-state index in [2.05, 4.69) is 81.2 Å². The molecule has 0 radical (unpaired) electrons. The fourth-order valence-electron chi connectivity index (χ4n) is 9.15. The largest absolute Gasteiger partial charge is 0.414 e. The number of hydrogen-bond donors (Lipinski definition) is 1. The van der Waals surface area contributed by atoms with Crippen LogP contribution in [0, 0.1) is 28.1 Å². The zero-order valence-corrected chi connectivity index (χ0v) is 39.1. The van der Waals surface area contributed by atoms with Crippen molar-refractivity contribution in [2.24, 2.45) is 28.1 Å². The van der Waals surface area contributed by atoms with Gasteiger partial charge in [-0.3, -0.25) is 4.79 Å². The number of hydrogen-bond acceptors (Lipinski definition) is 9. The fourth-order valence-corrected chi connectivity index (χ4v) is 14.2. The highest BCUT2D eigenvalue weighted by molar-refractivity contribution is 6.76. The number of ketones is 1. The molecule has 0 bridgehead atoms. The van der Waals surface area contributed by atoms with Crippen LogP contribution in [0.25, 0.3) is 0 Å². The average molecular weight is 789 g/mol. The zero-order chi connectivity index (χ0) is 39.8. The summed E-state index contributed by atoms with van der Waals surface area (Å²) in [5.41, 5.74) is -2.62. The lowest BCUT2D eigenvalue weighted by molar-refractivity contribution is -0.258. The van der Waals surface area contributed by atoms with Crippen LogP contribution in [0.15, 0.2) is 0 Å². The van der Waals surface area contributed by atoms with Crippen LogP contribution in [0.1, 0.15) is 94.4 Å². The molecule has 1 N–H and O–H groups in total. The third-order valence-electron chi connectivity index (χ3n) is 13.8. The Labute approximate surface area is 321 Å². The molecule has 0 aliphatic heterocycles. The highest BCUT2D eigenvalue weighted by Crippen LogP contribution is 2.66. The first-order chi connectivity index (χ1) is 24.0. The van der Waals surface area contributed by atoms with Crippen LogP contribution < -0.4 is 0 Å². The van der Waals surface area contributed by atoms with Crippen molar-refractivity contribution in [1.29, 1.82) is 0 Å². The summed E-state index contributed by atoms with van der Waals surface area (Å²) in [7, 11) is -4.24. The van der Waals surface area contributed by atoms with Crippen molar-refractivity contribution < 1.29 is 42.5 Å². The van der Waals surface area contributed by atoms with E-state index in [0.717, 1.165) is 37.0 Å². The van der Waals surface area contributed by atoms with Crippen LogP contribution in [0.4, 0.5) is 0 Å². The van der Waals surface area contributed by atoms with Gasteiger partial charge in [0.05, 0.1) is 12.2 Å². The number of methoxy groups -OCH3 is 1. The maximum atomic E-state index is 14.4. The molecule has 2 aliphatic rings. The summed E-state index contributed by atoms with van der Waals surface area (Å²) in [5.74, 6) is -0.980. The Morgan fingerprint density at radius 2 is 1.48 bits per heavy atom. The monoisotopic (exact) mass is 789 g/mol. The summed E-state index contributed by atoms with van der Waals surface area (Å²) < 4.78 is 39.1. The summed E-state index contributed by atoms with van der Waals surface area (Å²) in [6.07, 6.45) is 3.51. The van der Waals surface area contributed by atoms with Gasteiger partial charge in [0.25, 0.3) is 0 Å². The van der Waals surface area contributed by atoms with Gasteiger partial charge in [-0.1, -0.05) is 82.0 Å². The van der Waals surface area contributed by atoms with Crippen LogP contribution in [-0.4, -0.2) is 101 Å². The third kappa shape index (κ3) is 10.8. The highest BCUT2D eigenvalue weighted by atomic mass is 28.4. The van der Waals surface area contributed by atoms with Gasteiger partial charge in [-0.05, 0) is 80.3 Å². The van der Waals surface area contributed by atoms with E-state index in [4.69, 9.17) is 27.8 Å². The van der Waals surface area contributed by atoms with E-state index in [9.17, 15) is 14.7 Å². The number of Topliss-reactive ketones (excluding diaryl/α,β-unsaturated/α-hetero) is 1. The number of aldehydes is 1. The normalized spacial score (nSPS) is 29.2. The maximum absolute atomic E-state index is 14.4. The molecule has 7 atom stereocenters. The van der Waals surface area contributed by atoms with Crippen LogP contribution in [0.3, 0.4) is 0 Å². The number of rotatable bonds is 23. The molecule has 0 aromatic heterocycles. The second-order valence-corrected chi connectivity index (χ2v) is 34.5. The number of carbonyl (C=O) groups is 2. The molecule has 0 aromatic rings. The Bertz CT molecular complexity index is 1110. The van der Waals surface area contributed by atoms with Crippen LogP contribution >= 0.6 is 0 Å². The van der Waals surface area contributed by atoms with E-state index >= 15 is 0 Å². The number of aliphatic hydroxyl groups is 1. The average Bonchev–Trinajstić information content (AvgIpc) is 3.06. The molecular formula is C40H80O9Si3. The molecule has 0 unspecified atom stereocenters. The molecule has 2 aliphatic carbocycles. The summed E-state index contributed by atoms with van der Waals surface area (Å²) in [6.45, 7) is 32.1. The highest BCUT2D eigenvalue weighted by Gasteiger charge is 2.70. The first-order valence-corrected chi connectivity index (χ1v) is 29.4. The summed E-state index contributed by atoms with van der Waals surface area (Å²) in [6, 6.07) is 3.99. The van der Waals surface area contributed by atoms with Gasteiger partial charge in [0.1, 0.15) is 26.5 Å². The smallest absolute Gasteiger partial charge is 0.192 e. The molecule has 2 saturated carbocycles. The quantitative estimate of drug-likeness (QED) is 0.0470. The number of fused-ring (bicyclic) bond motifs is 1. The summed E-state index contributed by atoms with van der Waals surface area (Å²) in [5, 5.41) is 10.3. The minimum absolute atomic E-state index is 0.0520. The van der Waals surface area contributed by atoms with Crippen LogP contribution in [-0.2, 0) is 37.4 Å². The lowest BCUT2D eigenvalue weighted by Gasteiger charge is -2.67. The van der Waals surface area contributed by atoms with Gasteiger partial charge >= 0.3 is 0 Å². The molecule has 0 aromatic carbocycles. The Morgan fingerprint density at radius 3 is 1.98 bits per heavy atom. The van der Waals surface area contributed by atoms with Gasteiger partial charge in [0.2, 0.25) is 0 Å². The molecule has 12 heteroatoms. The van der Waals surface area contributed by atoms with Crippen molar-refractivity contribution in [3.05, 3.63) is 0 Å². The fraction of sp³-hybridized carbons (Fsp3) is 0.950. The van der Waals surface area contributed by atoms with Crippen molar-refractivity contribution in [1.82, 2.24) is 0 Å². The topological polar surface area (TPSA) is 110 Å². The Balaban J connectivity index is 2.94. The number of carbonyl (C=O) groups excluding carboxylic acids is 2. The van der Waals surface area contributed by atoms with E-state index < -0.39 is 53.5 Å². The predicted molar refractivity (Wildman–Crippen MR) is 218 cm³/mol. The second-order valence-electron chi connectivity index (χ2n) is 19.4. The maximum Gasteiger partial charge on any atom is 0.192 e. The van der Waals surface area contributed by atoms with Crippen LogP contribution in [0.5, 0.6) is 0 Å². The van der Waals surface area contributed by atoms with Crippen molar-refractivity contribution in [2.75, 3.05) is 40.5 Å². The molecule has 9 nitrogen and oxygen atoms in total. The molecule has 0 spiro atoms. The van der Waals surface area contributed by atoms with Crippen molar-refractivity contribution in [2.45, 2.75) is 175 Å². The molecular weight excluding hydrogens is 709 g/mol. The van der Waals surface area contributed by atoms with Gasteiger partial charge in [-0.15, -0.1) is 0 Å². The zero-order valence-electron chi connectivity index (χ0n) is 36.1. The molecule has 52 heavy (non-hydrogen) atoms. The predicted octanol–water partition coefficient (Wildman–Crippen LogP) is 9.07. The second kappa shape index (κ2) is 19.2. The minimum atomic E-state index is -2.35. The standard InChI is InChI=1S/C40H80O9Si3/c1-16-52(17-2,18-3)49-35-26-32(38(7,8)33(43)27-41)40(28-42,22-19-23-45-29-44-10)36-31(48-51(14,15)37(4,5)6)20-21-34(39(35,36)9)47-30-46-24-25-50(11,12)13/h28,31-32,34-36,41H,16-27,29-30H2,1-15H3/t31-,32-,34-,35-,36-,39+,40+/m0/s1. The number of aliphatic hydroxyl groups excluding tert-OH is 1. The van der Waals surface area contributed by atoms with Gasteiger partial charge in [-0.25, -0.2) is 0 Å². The van der Waals surface area contributed by atoms with E-state index in [1.54, 1.807) is 7.11 Å². The van der Waals surface area contributed by atoms with Crippen molar-refractivity contribution >= 4 is 36.8 Å². The molecule has 2 fully saturated rings. The molecule has 306 valence electrons. The Hall–Kier alpha value is -0.289. The Morgan fingerprint density at radius 1 is 0.885 bits per heavy atom. The molecule has 0 amide bonds. The van der Waals surface area contributed by atoms with Gasteiger partial charge in [0.15, 0.2) is 22.4 Å². The SMILES string of the molecule is CC[Si](CC)(CC)O[C@H]1C[C@@H](C(C)(C)C(=O)CO)[C@](C=O)(CCCOCOC)[C@H]2[C@@H](O[Si](C)(C)C(C)(C)C)CC[C@H](OCOCC[Si](C)(C)C)[C@]12C. The van der Waals surface area contributed by atoms with Gasteiger partial charge in [0, 0.05) is 56.7 Å². The lowest BCUT2D eigenvalue weighted by atomic mass is 9.41. The lowest BCUT2D eigenvalue weighted by Crippen LogP contribution is -2.71. The molecule has 0 heterocycles. The van der Waals surface area contributed by atoms with Gasteiger partial charge < -0.3 is 37.7 Å². The first-order valence-electron chi connectivity index (χ1n) is 20.2. The van der Waals surface area contributed by atoms with E-state index in [-0.39, 0.29) is 48.6 Å².